The Kier molecular flexibility index (Phi) is 4.28. The van der Waals surface area contributed by atoms with E-state index in [1.54, 1.807) is 0 Å². The first-order valence-corrected chi connectivity index (χ1v) is 7.47. The molecule has 4 nitrogen and oxygen atoms in total. The monoisotopic (exact) mass is 291 g/mol. The highest BCUT2D eigenvalue weighted by molar-refractivity contribution is 8.13. The third-order valence-electron chi connectivity index (χ3n) is 3.51. The summed E-state index contributed by atoms with van der Waals surface area (Å²) in [5, 5.41) is -0.323. The Morgan fingerprint density at radius 2 is 1.80 bits per heavy atom. The second kappa shape index (κ2) is 5.79. The Bertz CT molecular complexity index is 579. The molecule has 0 radical (unpaired) electrons. The van der Waals surface area contributed by atoms with Gasteiger partial charge < -0.3 is 0 Å². The molecule has 1 fully saturated rings. The second-order valence-electron chi connectivity index (χ2n) is 5.02. The van der Waals surface area contributed by atoms with Crippen LogP contribution in [0.4, 0.5) is 4.79 Å². The minimum Gasteiger partial charge on any atom is -0.292 e. The van der Waals surface area contributed by atoms with Gasteiger partial charge >= 0.3 is 0 Å². The molecule has 1 aromatic carbocycles. The number of ketones is 1. The highest BCUT2D eigenvalue weighted by Crippen LogP contribution is 2.20. The van der Waals surface area contributed by atoms with E-state index in [-0.39, 0.29) is 23.5 Å². The highest BCUT2D eigenvalue weighted by Gasteiger charge is 2.29. The molecule has 106 valence electrons. The van der Waals surface area contributed by atoms with E-state index in [0.29, 0.717) is 17.7 Å². The van der Waals surface area contributed by atoms with Gasteiger partial charge in [-0.15, -0.1) is 0 Å². The fourth-order valence-electron chi connectivity index (χ4n) is 2.18. The van der Waals surface area contributed by atoms with Crippen LogP contribution in [0.1, 0.15) is 33.5 Å². The third-order valence-corrected chi connectivity index (χ3v) is 4.38. The predicted octanol–water partition coefficient (Wildman–Crippen LogP) is 2.88. The number of imide groups is 1. The Morgan fingerprint density at radius 3 is 2.45 bits per heavy atom. The van der Waals surface area contributed by atoms with Gasteiger partial charge in [-0.2, -0.15) is 0 Å². The average molecular weight is 291 g/mol. The van der Waals surface area contributed by atoms with Crippen molar-refractivity contribution in [2.75, 3.05) is 12.3 Å². The fourth-order valence-corrected chi connectivity index (χ4v) is 2.96. The Morgan fingerprint density at radius 1 is 1.15 bits per heavy atom. The Balaban J connectivity index is 2.22. The van der Waals surface area contributed by atoms with Gasteiger partial charge in [0.1, 0.15) is 0 Å². The Labute approximate surface area is 122 Å². The minimum absolute atomic E-state index is 0.159. The van der Waals surface area contributed by atoms with Crippen molar-refractivity contribution in [1.82, 2.24) is 4.90 Å². The van der Waals surface area contributed by atoms with E-state index in [1.165, 1.54) is 0 Å². The zero-order valence-corrected chi connectivity index (χ0v) is 12.7. The number of nitrogens with zero attached hydrogens (tertiary/aromatic N) is 1. The summed E-state index contributed by atoms with van der Waals surface area (Å²) in [6.07, 6.45) is 0.315. The van der Waals surface area contributed by atoms with Crippen LogP contribution >= 0.6 is 11.8 Å². The molecule has 0 aliphatic carbocycles. The first-order chi connectivity index (χ1) is 9.40. The predicted molar refractivity (Wildman–Crippen MR) is 79.2 cm³/mol. The molecule has 0 bridgehead atoms. The molecule has 0 atom stereocenters. The standard InChI is InChI=1S/C15H17NO3S/c1-9-6-11(3)12(7-10(9)2)13(17)8-16-14(18)4-5-20-15(16)19/h6-7H,4-5,8H2,1-3H3. The molecule has 0 unspecified atom stereocenters. The SMILES string of the molecule is Cc1cc(C)c(C(=O)CN2C(=O)CCSC2=O)cc1C. The molecule has 0 aromatic heterocycles. The molecule has 0 N–H and O–H groups in total. The van der Waals surface area contributed by atoms with Crippen LogP contribution in [0, 0.1) is 20.8 Å². The number of benzene rings is 1. The summed E-state index contributed by atoms with van der Waals surface area (Å²) in [4.78, 5) is 36.8. The van der Waals surface area contributed by atoms with Crippen molar-refractivity contribution in [2.45, 2.75) is 27.2 Å². The lowest BCUT2D eigenvalue weighted by Crippen LogP contribution is -2.41. The first-order valence-electron chi connectivity index (χ1n) is 6.48. The molecule has 1 saturated heterocycles. The molecule has 1 aliphatic heterocycles. The maximum atomic E-state index is 12.3. The first kappa shape index (κ1) is 14.8. The molecule has 1 aromatic rings. The van der Waals surface area contributed by atoms with Gasteiger partial charge in [-0.25, -0.2) is 0 Å². The van der Waals surface area contributed by atoms with E-state index in [1.807, 2.05) is 32.9 Å². The number of hydrogen-bond donors (Lipinski definition) is 0. The van der Waals surface area contributed by atoms with Crippen molar-refractivity contribution in [2.24, 2.45) is 0 Å². The quantitative estimate of drug-likeness (QED) is 0.804. The normalized spacial score (nSPS) is 15.7. The van der Waals surface area contributed by atoms with Gasteiger partial charge in [0.2, 0.25) is 5.91 Å². The number of Topliss-reactive ketones (excluding diaryl/α,β-unsaturated/α-hetero) is 1. The van der Waals surface area contributed by atoms with Crippen molar-refractivity contribution < 1.29 is 14.4 Å². The molecule has 5 heteroatoms. The molecule has 0 spiro atoms. The van der Waals surface area contributed by atoms with Crippen LogP contribution in [-0.4, -0.2) is 34.1 Å². The number of rotatable bonds is 3. The van der Waals surface area contributed by atoms with E-state index in [4.69, 9.17) is 0 Å². The van der Waals surface area contributed by atoms with Crippen molar-refractivity contribution in [3.8, 4) is 0 Å². The van der Waals surface area contributed by atoms with Gasteiger partial charge in [-0.3, -0.25) is 19.3 Å². The summed E-state index contributed by atoms with van der Waals surface area (Å²) < 4.78 is 0. The zero-order chi connectivity index (χ0) is 14.9. The fraction of sp³-hybridized carbons (Fsp3) is 0.400. The van der Waals surface area contributed by atoms with Crippen LogP contribution in [0.15, 0.2) is 12.1 Å². The van der Waals surface area contributed by atoms with Crippen LogP contribution in [0.5, 0.6) is 0 Å². The molecule has 2 rings (SSSR count). The zero-order valence-electron chi connectivity index (χ0n) is 11.9. The minimum atomic E-state index is -0.323. The number of thioether (sulfide) groups is 1. The van der Waals surface area contributed by atoms with Crippen LogP contribution in [0.3, 0.4) is 0 Å². The van der Waals surface area contributed by atoms with Crippen molar-refractivity contribution in [3.63, 3.8) is 0 Å². The van der Waals surface area contributed by atoms with Gasteiger partial charge in [0, 0.05) is 17.7 Å². The number of hydrogen-bond acceptors (Lipinski definition) is 4. The maximum Gasteiger partial charge on any atom is 0.288 e. The smallest absolute Gasteiger partial charge is 0.288 e. The van der Waals surface area contributed by atoms with Crippen LogP contribution in [0.25, 0.3) is 0 Å². The summed E-state index contributed by atoms with van der Waals surface area (Å²) >= 11 is 1.09. The van der Waals surface area contributed by atoms with E-state index >= 15 is 0 Å². The largest absolute Gasteiger partial charge is 0.292 e. The Hall–Kier alpha value is -1.62. The summed E-state index contributed by atoms with van der Waals surface area (Å²) in [5.74, 6) is 0.0590. The average Bonchev–Trinajstić information content (AvgIpc) is 2.38. The lowest BCUT2D eigenvalue weighted by molar-refractivity contribution is -0.127. The number of amides is 2. The molecule has 2 amide bonds. The van der Waals surface area contributed by atoms with Crippen LogP contribution in [0.2, 0.25) is 0 Å². The lowest BCUT2D eigenvalue weighted by Gasteiger charge is -2.23. The summed E-state index contributed by atoms with van der Waals surface area (Å²) in [7, 11) is 0. The van der Waals surface area contributed by atoms with E-state index in [9.17, 15) is 14.4 Å². The molecule has 1 aliphatic rings. The number of carbonyl (C=O) groups excluding carboxylic acids is 3. The van der Waals surface area contributed by atoms with Crippen molar-refractivity contribution >= 4 is 28.7 Å². The summed E-state index contributed by atoms with van der Waals surface area (Å²) in [6.45, 7) is 5.64. The van der Waals surface area contributed by atoms with Gasteiger partial charge in [-0.05, 0) is 43.5 Å². The summed E-state index contributed by atoms with van der Waals surface area (Å²) in [5.41, 5.74) is 3.62. The number of carbonyl (C=O) groups is 3. The highest BCUT2D eigenvalue weighted by atomic mass is 32.2. The molecular formula is C15H17NO3S. The van der Waals surface area contributed by atoms with Crippen molar-refractivity contribution in [1.29, 1.82) is 0 Å². The molecule has 0 saturated carbocycles. The van der Waals surface area contributed by atoms with Gasteiger partial charge in [0.05, 0.1) is 6.54 Å². The van der Waals surface area contributed by atoms with Gasteiger partial charge in [0.15, 0.2) is 5.78 Å². The molecular weight excluding hydrogens is 274 g/mol. The maximum absolute atomic E-state index is 12.3. The number of aryl methyl sites for hydroxylation is 3. The molecule has 1 heterocycles. The second-order valence-corrected chi connectivity index (χ2v) is 6.06. The lowest BCUT2D eigenvalue weighted by atomic mass is 9.98. The van der Waals surface area contributed by atoms with E-state index in [0.717, 1.165) is 33.4 Å². The van der Waals surface area contributed by atoms with Gasteiger partial charge in [-0.1, -0.05) is 17.8 Å². The van der Waals surface area contributed by atoms with Crippen molar-refractivity contribution in [3.05, 3.63) is 34.4 Å². The topological polar surface area (TPSA) is 54.5 Å². The van der Waals surface area contributed by atoms with Crippen LogP contribution < -0.4 is 0 Å². The van der Waals surface area contributed by atoms with E-state index < -0.39 is 0 Å². The molecule has 20 heavy (non-hydrogen) atoms. The third kappa shape index (κ3) is 2.93. The van der Waals surface area contributed by atoms with Crippen LogP contribution in [-0.2, 0) is 4.79 Å². The summed E-state index contributed by atoms with van der Waals surface area (Å²) in [6, 6.07) is 3.79. The van der Waals surface area contributed by atoms with Gasteiger partial charge in [0.25, 0.3) is 5.24 Å². The van der Waals surface area contributed by atoms with E-state index in [2.05, 4.69) is 0 Å².